The van der Waals surface area contributed by atoms with E-state index < -0.39 is 11.8 Å². The second-order valence-electron chi connectivity index (χ2n) is 10.1. The number of halogens is 2. The highest BCUT2D eigenvalue weighted by atomic mass is 35.5. The van der Waals surface area contributed by atoms with Crippen LogP contribution < -0.4 is 4.74 Å². The number of ether oxygens (including phenoxy) is 1. The van der Waals surface area contributed by atoms with Gasteiger partial charge >= 0.3 is 5.97 Å². The average Bonchev–Trinajstić information content (AvgIpc) is 3.61. The molecule has 41 heavy (non-hydrogen) atoms. The summed E-state index contributed by atoms with van der Waals surface area (Å²) in [5.74, 6) is 0.186. The summed E-state index contributed by atoms with van der Waals surface area (Å²) >= 11 is 5.84. The van der Waals surface area contributed by atoms with Crippen LogP contribution in [-0.2, 0) is 19.7 Å². The smallest absolute Gasteiger partial charge is 0.335 e. The topological polar surface area (TPSA) is 107 Å². The molecule has 5 aromatic rings. The zero-order valence-corrected chi connectivity index (χ0v) is 22.8. The molecule has 1 fully saturated rings. The predicted molar refractivity (Wildman–Crippen MR) is 150 cm³/mol. The fourth-order valence-corrected chi connectivity index (χ4v) is 5.36. The van der Waals surface area contributed by atoms with Crippen molar-refractivity contribution >= 4 is 28.6 Å². The Balaban J connectivity index is 1.13. The van der Waals surface area contributed by atoms with Crippen LogP contribution in [0.3, 0.4) is 0 Å². The van der Waals surface area contributed by atoms with Gasteiger partial charge in [0.05, 0.1) is 35.4 Å². The first kappa shape index (κ1) is 26.9. The Morgan fingerprint density at radius 3 is 2.71 bits per heavy atom. The maximum absolute atomic E-state index is 14.1. The van der Waals surface area contributed by atoms with Crippen LogP contribution in [0.1, 0.15) is 51.9 Å². The van der Waals surface area contributed by atoms with Crippen molar-refractivity contribution in [2.24, 2.45) is 0 Å². The molecule has 2 aromatic carbocycles. The lowest BCUT2D eigenvalue weighted by Gasteiger charge is -2.31. The average molecular weight is 576 g/mol. The van der Waals surface area contributed by atoms with Gasteiger partial charge in [0.15, 0.2) is 6.39 Å². The number of carboxylic acids is 1. The maximum atomic E-state index is 14.1. The fourth-order valence-electron chi connectivity index (χ4n) is 5.20. The molecule has 0 radical (unpaired) electrons. The third-order valence-corrected chi connectivity index (χ3v) is 7.62. The molecule has 3 aromatic heterocycles. The highest BCUT2D eigenvalue weighted by Crippen LogP contribution is 2.30. The minimum absolute atomic E-state index is 0.0706. The number of carboxylic acid groups (broad SMARTS) is 1. The molecule has 0 saturated carbocycles. The number of pyridine rings is 1. The van der Waals surface area contributed by atoms with Crippen LogP contribution in [0.5, 0.6) is 5.88 Å². The first-order valence-corrected chi connectivity index (χ1v) is 13.7. The van der Waals surface area contributed by atoms with Gasteiger partial charge in [-0.05, 0) is 62.3 Å². The number of piperidine rings is 1. The minimum Gasteiger partial charge on any atom is -0.478 e. The van der Waals surface area contributed by atoms with Gasteiger partial charge in [0.2, 0.25) is 5.88 Å². The Hall–Kier alpha value is -4.28. The van der Waals surface area contributed by atoms with Crippen molar-refractivity contribution in [3.63, 3.8) is 0 Å². The number of hydrogen-bond donors (Lipinski definition) is 1. The van der Waals surface area contributed by atoms with Crippen LogP contribution in [0, 0.1) is 5.82 Å². The molecule has 0 amide bonds. The first-order chi connectivity index (χ1) is 19.9. The van der Waals surface area contributed by atoms with Crippen molar-refractivity contribution in [2.75, 3.05) is 13.1 Å². The Kier molecular flexibility index (Phi) is 7.67. The number of benzene rings is 2. The van der Waals surface area contributed by atoms with E-state index in [0.717, 1.165) is 54.2 Å². The van der Waals surface area contributed by atoms with E-state index >= 15 is 0 Å². The molecule has 1 aliphatic rings. The quantitative estimate of drug-likeness (QED) is 0.231. The van der Waals surface area contributed by atoms with Crippen molar-refractivity contribution in [1.29, 1.82) is 0 Å². The van der Waals surface area contributed by atoms with E-state index in [9.17, 15) is 14.3 Å². The number of imidazole rings is 1. The molecule has 9 nitrogen and oxygen atoms in total. The molecule has 4 heterocycles. The molecule has 0 unspecified atom stereocenters. The van der Waals surface area contributed by atoms with E-state index in [-0.39, 0.29) is 18.1 Å². The number of likely N-dealkylation sites (tertiary alicyclic amines) is 1. The summed E-state index contributed by atoms with van der Waals surface area (Å²) < 4.78 is 27.1. The van der Waals surface area contributed by atoms with E-state index in [0.29, 0.717) is 29.6 Å². The van der Waals surface area contributed by atoms with Crippen molar-refractivity contribution in [2.45, 2.75) is 38.5 Å². The van der Waals surface area contributed by atoms with Crippen molar-refractivity contribution in [1.82, 2.24) is 24.4 Å². The second-order valence-corrected chi connectivity index (χ2v) is 10.5. The zero-order chi connectivity index (χ0) is 28.3. The van der Waals surface area contributed by atoms with Crippen molar-refractivity contribution in [3.8, 4) is 5.88 Å². The van der Waals surface area contributed by atoms with Gasteiger partial charge in [-0.15, -0.1) is 0 Å². The summed E-state index contributed by atoms with van der Waals surface area (Å²) in [7, 11) is 0. The lowest BCUT2D eigenvalue weighted by molar-refractivity contribution is 0.0697. The summed E-state index contributed by atoms with van der Waals surface area (Å²) in [4.78, 5) is 27.7. The molecule has 11 heteroatoms. The van der Waals surface area contributed by atoms with Gasteiger partial charge in [0.1, 0.15) is 24.5 Å². The zero-order valence-electron chi connectivity index (χ0n) is 22.0. The summed E-state index contributed by atoms with van der Waals surface area (Å²) in [6.07, 6.45) is 4.79. The van der Waals surface area contributed by atoms with Gasteiger partial charge in [0.25, 0.3) is 0 Å². The summed E-state index contributed by atoms with van der Waals surface area (Å²) in [6, 6.07) is 15.2. The van der Waals surface area contributed by atoms with Gasteiger partial charge in [-0.2, -0.15) is 0 Å². The first-order valence-electron chi connectivity index (χ1n) is 13.3. The van der Waals surface area contributed by atoms with Crippen LogP contribution in [0.2, 0.25) is 5.02 Å². The predicted octanol–water partition coefficient (Wildman–Crippen LogP) is 5.92. The van der Waals surface area contributed by atoms with Crippen molar-refractivity contribution in [3.05, 3.63) is 106 Å². The SMILES string of the molecule is O=C(O)c1ccc2nc(CN3CCC(c4cccc(OCc5ccc(Cl)cc5F)n4)CC3)n(Cc3cocn3)c2c1. The Morgan fingerprint density at radius 1 is 1.10 bits per heavy atom. The number of aromatic nitrogens is 4. The van der Waals surface area contributed by atoms with Crippen LogP contribution in [-0.4, -0.2) is 48.6 Å². The summed E-state index contributed by atoms with van der Waals surface area (Å²) in [5.41, 5.74) is 3.81. The van der Waals surface area contributed by atoms with E-state index in [4.69, 9.17) is 30.7 Å². The van der Waals surface area contributed by atoms with Crippen LogP contribution >= 0.6 is 11.6 Å². The molecule has 0 aliphatic carbocycles. The summed E-state index contributed by atoms with van der Waals surface area (Å²) in [6.45, 7) is 2.81. The molecular weight excluding hydrogens is 549 g/mol. The Labute approximate surface area is 240 Å². The monoisotopic (exact) mass is 575 g/mol. The number of rotatable bonds is 9. The van der Waals surface area contributed by atoms with Gasteiger partial charge in [-0.1, -0.05) is 23.7 Å². The maximum Gasteiger partial charge on any atom is 0.335 e. The highest BCUT2D eigenvalue weighted by Gasteiger charge is 2.24. The van der Waals surface area contributed by atoms with Gasteiger partial charge in [-0.3, -0.25) is 4.90 Å². The number of oxazole rings is 1. The van der Waals surface area contributed by atoms with Crippen molar-refractivity contribution < 1.29 is 23.4 Å². The number of hydrogen-bond acceptors (Lipinski definition) is 7. The molecule has 0 spiro atoms. The lowest BCUT2D eigenvalue weighted by Crippen LogP contribution is -2.33. The lowest BCUT2D eigenvalue weighted by atomic mass is 9.93. The standard InChI is InChI=1S/C30H27ClFN5O4/c31-22-6-4-21(24(32)13-22)16-41-29-3-1-2-25(35-29)19-8-10-36(11-9-19)15-28-34-26-7-5-20(30(38)39)12-27(26)37(28)14-23-17-40-18-33-23/h1-7,12-13,17-19H,8-11,14-16H2,(H,38,39). The molecule has 0 bridgehead atoms. The minimum atomic E-state index is -0.982. The van der Waals surface area contributed by atoms with Gasteiger partial charge in [0, 0.05) is 28.3 Å². The molecule has 0 atom stereocenters. The third kappa shape index (κ3) is 6.08. The number of carbonyl (C=O) groups is 1. The molecule has 210 valence electrons. The molecule has 1 aliphatic heterocycles. The molecule has 6 rings (SSSR count). The molecule has 1 saturated heterocycles. The highest BCUT2D eigenvalue weighted by molar-refractivity contribution is 6.30. The second kappa shape index (κ2) is 11.7. The third-order valence-electron chi connectivity index (χ3n) is 7.38. The summed E-state index contributed by atoms with van der Waals surface area (Å²) in [5, 5.41) is 9.84. The normalized spacial score (nSPS) is 14.5. The number of fused-ring (bicyclic) bond motifs is 1. The number of aromatic carboxylic acids is 1. The van der Waals surface area contributed by atoms with E-state index in [2.05, 4.69) is 9.88 Å². The number of nitrogens with zero attached hydrogens (tertiary/aromatic N) is 5. The van der Waals surface area contributed by atoms with Crippen LogP contribution in [0.15, 0.2) is 71.7 Å². The Bertz CT molecular complexity index is 1680. The molecular formula is C30H27ClFN5O4. The van der Waals surface area contributed by atoms with E-state index in [1.54, 1.807) is 42.7 Å². The van der Waals surface area contributed by atoms with Crippen LogP contribution in [0.4, 0.5) is 4.39 Å². The largest absolute Gasteiger partial charge is 0.478 e. The van der Waals surface area contributed by atoms with E-state index in [1.807, 2.05) is 16.7 Å². The van der Waals surface area contributed by atoms with Gasteiger partial charge in [-0.25, -0.2) is 24.1 Å². The molecule has 1 N–H and O–H groups in total. The van der Waals surface area contributed by atoms with E-state index in [1.165, 1.54) is 12.5 Å². The fraction of sp³-hybridized carbons (Fsp3) is 0.267. The van der Waals surface area contributed by atoms with Gasteiger partial charge < -0.3 is 18.8 Å². The Morgan fingerprint density at radius 2 is 1.95 bits per heavy atom. The van der Waals surface area contributed by atoms with Crippen LogP contribution in [0.25, 0.3) is 11.0 Å².